The molecule has 0 aromatic rings. The normalized spacial score (nSPS) is 32.5. The second-order valence-electron chi connectivity index (χ2n) is 11.0. The lowest BCUT2D eigenvalue weighted by Crippen LogP contribution is -2.52. The van der Waals surface area contributed by atoms with E-state index in [1.165, 1.54) is 11.4 Å². The molecule has 0 radical (unpaired) electrons. The molecule has 6 rings (SSSR count). The average Bonchev–Trinajstić information content (AvgIpc) is 3.51. The zero-order chi connectivity index (χ0) is 24.0. The van der Waals surface area contributed by atoms with Gasteiger partial charge in [-0.3, -0.25) is 9.80 Å². The van der Waals surface area contributed by atoms with Gasteiger partial charge in [0.2, 0.25) is 0 Å². The topological polar surface area (TPSA) is 45.6 Å². The standard InChI is InChI=1S/C27H39FN6O/c1-2-30-11-13-31(14-12-30)23-5-3-21(4-6-23)22-19-25-24(7-10-29-34(25)20-22)32-15-17-33(18-16-32)26(35)27(28)8-9-27/h3,5-7,10,21-22,25H,2,4,8-9,11-20H2,1H3. The predicted octanol–water partition coefficient (Wildman–Crippen LogP) is 2.30. The van der Waals surface area contributed by atoms with Crippen LogP contribution in [0.4, 0.5) is 4.39 Å². The highest BCUT2D eigenvalue weighted by Gasteiger charge is 2.53. The van der Waals surface area contributed by atoms with Crippen LogP contribution in [-0.2, 0) is 4.79 Å². The maximum Gasteiger partial charge on any atom is 0.260 e. The molecule has 3 atom stereocenters. The molecule has 0 aromatic heterocycles. The van der Waals surface area contributed by atoms with E-state index in [1.807, 2.05) is 6.21 Å². The number of fused-ring (bicyclic) bond motifs is 1. The summed E-state index contributed by atoms with van der Waals surface area (Å²) in [6.45, 7) is 11.7. The highest BCUT2D eigenvalue weighted by atomic mass is 19.1. The summed E-state index contributed by atoms with van der Waals surface area (Å²) in [7, 11) is 0. The highest BCUT2D eigenvalue weighted by Crippen LogP contribution is 2.42. The predicted molar refractivity (Wildman–Crippen MR) is 135 cm³/mol. The van der Waals surface area contributed by atoms with E-state index < -0.39 is 5.67 Å². The first-order valence-corrected chi connectivity index (χ1v) is 13.6. The second-order valence-corrected chi connectivity index (χ2v) is 11.0. The quantitative estimate of drug-likeness (QED) is 0.602. The van der Waals surface area contributed by atoms with Crippen LogP contribution in [0.3, 0.4) is 0 Å². The minimum absolute atomic E-state index is 0.289. The summed E-state index contributed by atoms with van der Waals surface area (Å²) in [5.74, 6) is 0.864. The van der Waals surface area contributed by atoms with Crippen molar-refractivity contribution < 1.29 is 9.18 Å². The molecule has 6 aliphatic rings. The van der Waals surface area contributed by atoms with E-state index in [2.05, 4.69) is 50.9 Å². The van der Waals surface area contributed by atoms with E-state index in [9.17, 15) is 9.18 Å². The Kier molecular flexibility index (Phi) is 6.11. The molecule has 1 amide bonds. The van der Waals surface area contributed by atoms with Crippen LogP contribution >= 0.6 is 0 Å². The van der Waals surface area contributed by atoms with Gasteiger partial charge in [0.05, 0.1) is 6.04 Å². The van der Waals surface area contributed by atoms with Gasteiger partial charge in [-0.25, -0.2) is 4.39 Å². The SMILES string of the molecule is CCN1CCN(C2=CCC(C3CC4C(N5CCN(C(=O)C6(F)CC6)CC5)=CC=NN4C3)C=C2)CC1. The van der Waals surface area contributed by atoms with Crippen molar-refractivity contribution in [1.82, 2.24) is 24.6 Å². The van der Waals surface area contributed by atoms with E-state index >= 15 is 0 Å². The number of hydrogen-bond acceptors (Lipinski definition) is 6. The molecule has 7 nitrogen and oxygen atoms in total. The number of alkyl halides is 1. The summed E-state index contributed by atoms with van der Waals surface area (Å²) in [6, 6.07) is 0.309. The minimum Gasteiger partial charge on any atom is -0.369 e. The molecule has 0 bridgehead atoms. The minimum atomic E-state index is -1.56. The van der Waals surface area contributed by atoms with Crippen molar-refractivity contribution in [2.75, 3.05) is 65.4 Å². The van der Waals surface area contributed by atoms with Gasteiger partial charge in [0.15, 0.2) is 5.67 Å². The lowest BCUT2D eigenvalue weighted by molar-refractivity contribution is -0.139. The van der Waals surface area contributed by atoms with Gasteiger partial charge >= 0.3 is 0 Å². The molecule has 0 N–H and O–H groups in total. The molecule has 3 saturated heterocycles. The van der Waals surface area contributed by atoms with Crippen LogP contribution in [0.5, 0.6) is 0 Å². The number of allylic oxidation sites excluding steroid dienone is 4. The van der Waals surface area contributed by atoms with Gasteiger partial charge in [-0.1, -0.05) is 19.1 Å². The van der Waals surface area contributed by atoms with E-state index in [0.29, 0.717) is 43.8 Å². The Balaban J connectivity index is 1.03. The molecular weight excluding hydrogens is 443 g/mol. The fraction of sp³-hybridized carbons (Fsp3) is 0.704. The molecule has 0 spiro atoms. The fourth-order valence-corrected chi connectivity index (χ4v) is 6.49. The third-order valence-corrected chi connectivity index (χ3v) is 9.02. The van der Waals surface area contributed by atoms with Crippen LogP contribution in [0, 0.1) is 11.8 Å². The Labute approximate surface area is 208 Å². The summed E-state index contributed by atoms with van der Waals surface area (Å²) in [5, 5.41) is 6.98. The van der Waals surface area contributed by atoms with Crippen molar-refractivity contribution >= 4 is 12.1 Å². The van der Waals surface area contributed by atoms with Crippen LogP contribution < -0.4 is 0 Å². The van der Waals surface area contributed by atoms with Crippen molar-refractivity contribution in [1.29, 1.82) is 0 Å². The van der Waals surface area contributed by atoms with Gasteiger partial charge in [0.25, 0.3) is 5.91 Å². The molecule has 0 aromatic carbocycles. The van der Waals surface area contributed by atoms with Crippen LogP contribution in [-0.4, -0.2) is 114 Å². The van der Waals surface area contributed by atoms with E-state index in [1.54, 1.807) is 4.90 Å². The van der Waals surface area contributed by atoms with Crippen molar-refractivity contribution in [2.24, 2.45) is 16.9 Å². The van der Waals surface area contributed by atoms with E-state index in [-0.39, 0.29) is 5.91 Å². The molecule has 4 fully saturated rings. The first kappa shape index (κ1) is 23.1. The Morgan fingerprint density at radius 2 is 1.83 bits per heavy atom. The molecule has 8 heteroatoms. The Bertz CT molecular complexity index is 939. The summed E-state index contributed by atoms with van der Waals surface area (Å²) in [5.41, 5.74) is 1.17. The smallest absolute Gasteiger partial charge is 0.260 e. The van der Waals surface area contributed by atoms with Gasteiger partial charge in [-0.15, -0.1) is 0 Å². The molecule has 1 saturated carbocycles. The summed E-state index contributed by atoms with van der Waals surface area (Å²) in [4.78, 5) is 21.6. The van der Waals surface area contributed by atoms with Crippen molar-refractivity contribution in [3.8, 4) is 0 Å². The van der Waals surface area contributed by atoms with Crippen LogP contribution in [0.1, 0.15) is 32.6 Å². The molecule has 4 heterocycles. The zero-order valence-electron chi connectivity index (χ0n) is 21.0. The maximum atomic E-state index is 14.2. The Morgan fingerprint density at radius 1 is 1.09 bits per heavy atom. The van der Waals surface area contributed by atoms with Gasteiger partial charge < -0.3 is 19.6 Å². The lowest BCUT2D eigenvalue weighted by Gasteiger charge is -2.41. The van der Waals surface area contributed by atoms with Gasteiger partial charge in [-0.05, 0) is 56.2 Å². The molecular formula is C27H39FN6O. The number of amides is 1. The van der Waals surface area contributed by atoms with Gasteiger partial charge in [0.1, 0.15) is 0 Å². The monoisotopic (exact) mass is 482 g/mol. The number of hydrazone groups is 1. The number of carbonyl (C=O) groups excluding carboxylic acids is 1. The number of rotatable bonds is 5. The Morgan fingerprint density at radius 3 is 2.49 bits per heavy atom. The van der Waals surface area contributed by atoms with Crippen molar-refractivity contribution in [2.45, 2.75) is 44.3 Å². The van der Waals surface area contributed by atoms with Crippen LogP contribution in [0.15, 0.2) is 40.8 Å². The number of hydrogen-bond donors (Lipinski definition) is 0. The van der Waals surface area contributed by atoms with E-state index in [4.69, 9.17) is 5.10 Å². The first-order chi connectivity index (χ1) is 17.0. The summed E-state index contributed by atoms with van der Waals surface area (Å²) < 4.78 is 14.2. The third kappa shape index (κ3) is 4.50. The first-order valence-electron chi connectivity index (χ1n) is 13.6. The number of halogens is 1. The summed E-state index contributed by atoms with van der Waals surface area (Å²) in [6.07, 6.45) is 14.4. The molecule has 2 aliphatic carbocycles. The molecule has 190 valence electrons. The second kappa shape index (κ2) is 9.26. The van der Waals surface area contributed by atoms with E-state index in [0.717, 1.165) is 65.2 Å². The number of likely N-dealkylation sites (N-methyl/N-ethyl adjacent to an activating group) is 1. The van der Waals surface area contributed by atoms with Gasteiger partial charge in [-0.2, -0.15) is 5.10 Å². The summed E-state index contributed by atoms with van der Waals surface area (Å²) >= 11 is 0. The lowest BCUT2D eigenvalue weighted by atomic mass is 9.84. The van der Waals surface area contributed by atoms with Crippen LogP contribution in [0.25, 0.3) is 0 Å². The largest absolute Gasteiger partial charge is 0.369 e. The number of carbonyl (C=O) groups is 1. The van der Waals surface area contributed by atoms with Crippen molar-refractivity contribution in [3.05, 3.63) is 35.7 Å². The highest BCUT2D eigenvalue weighted by molar-refractivity contribution is 5.88. The molecule has 3 unspecified atom stereocenters. The third-order valence-electron chi connectivity index (χ3n) is 9.02. The van der Waals surface area contributed by atoms with Crippen molar-refractivity contribution in [3.63, 3.8) is 0 Å². The zero-order valence-corrected chi connectivity index (χ0v) is 21.0. The number of piperazine rings is 2. The maximum absolute atomic E-state index is 14.2. The van der Waals surface area contributed by atoms with Crippen LogP contribution in [0.2, 0.25) is 0 Å². The average molecular weight is 483 g/mol. The van der Waals surface area contributed by atoms with Gasteiger partial charge in [0, 0.05) is 76.5 Å². The molecule has 4 aliphatic heterocycles. The Hall–Kier alpha value is -2.35. The number of nitrogens with zero attached hydrogens (tertiary/aromatic N) is 6. The fourth-order valence-electron chi connectivity index (χ4n) is 6.49. The molecule has 35 heavy (non-hydrogen) atoms.